The average molecular weight is 329 g/mol. The molecule has 1 aliphatic heterocycles. The smallest absolute Gasteiger partial charge is 0.335 e. The van der Waals surface area contributed by atoms with Crippen molar-refractivity contribution in [3.8, 4) is 0 Å². The molecule has 2 heterocycles. The Labute approximate surface area is 139 Å². The monoisotopic (exact) mass is 329 g/mol. The van der Waals surface area contributed by atoms with Crippen molar-refractivity contribution in [3.05, 3.63) is 63.1 Å². The second kappa shape index (κ2) is 6.55. The van der Waals surface area contributed by atoms with E-state index in [0.29, 0.717) is 18.5 Å². The maximum atomic E-state index is 13.0. The number of H-pyrrole nitrogens is 1. The van der Waals surface area contributed by atoms with Crippen LogP contribution in [0.5, 0.6) is 0 Å². The topological polar surface area (TPSA) is 66.1 Å². The third-order valence-corrected chi connectivity index (χ3v) is 4.64. The van der Waals surface area contributed by atoms with Crippen LogP contribution in [-0.4, -0.2) is 27.3 Å². The Bertz CT molecular complexity index is 788. The largest absolute Gasteiger partial charge is 0.345 e. The van der Waals surface area contributed by atoms with Crippen LogP contribution in [0.2, 0.25) is 0 Å². The zero-order valence-corrected chi connectivity index (χ0v) is 13.8. The second-order valence-electron chi connectivity index (χ2n) is 6.17. The zero-order chi connectivity index (χ0) is 17.3. The van der Waals surface area contributed by atoms with Crippen molar-refractivity contribution in [1.82, 2.24) is 14.9 Å². The van der Waals surface area contributed by atoms with Gasteiger partial charge in [0.1, 0.15) is 5.82 Å². The van der Waals surface area contributed by atoms with Gasteiger partial charge >= 0.3 is 5.69 Å². The van der Waals surface area contributed by atoms with E-state index in [1.54, 1.807) is 19.1 Å². The van der Waals surface area contributed by atoms with E-state index in [1.807, 2.05) is 11.8 Å². The summed E-state index contributed by atoms with van der Waals surface area (Å²) in [5.74, 6) is -0.201. The number of aromatic amines is 1. The fraction of sp³-hybridized carbons (Fsp3) is 0.389. The van der Waals surface area contributed by atoms with Crippen LogP contribution in [0.15, 0.2) is 29.1 Å². The molecule has 0 spiro atoms. The Morgan fingerprint density at radius 1 is 1.33 bits per heavy atom. The molecule has 126 valence electrons. The summed E-state index contributed by atoms with van der Waals surface area (Å²) in [6.07, 6.45) is 1.82. The third-order valence-electron chi connectivity index (χ3n) is 4.64. The molecular weight excluding hydrogens is 309 g/mol. The van der Waals surface area contributed by atoms with Gasteiger partial charge in [-0.2, -0.15) is 4.98 Å². The Balaban J connectivity index is 1.65. The summed E-state index contributed by atoms with van der Waals surface area (Å²) in [7, 11) is 0. The quantitative estimate of drug-likeness (QED) is 0.937. The van der Waals surface area contributed by atoms with Gasteiger partial charge < -0.3 is 9.88 Å². The Morgan fingerprint density at radius 2 is 2.04 bits per heavy atom. The summed E-state index contributed by atoms with van der Waals surface area (Å²) in [5.41, 5.74) is 2.96. The molecule has 0 aliphatic carbocycles. The minimum absolute atomic E-state index is 0.0361. The standard InChI is InChI=1S/C18H20FN3O2/c1-11-15(12(2)21-18(24)20-11)7-8-17(23)22-10-9-16(22)13-3-5-14(19)6-4-13/h3-6,16H,7-10H2,1-2H3,(H,20,21,24)/t16-/m0/s1. The highest BCUT2D eigenvalue weighted by atomic mass is 19.1. The zero-order valence-electron chi connectivity index (χ0n) is 13.8. The van der Waals surface area contributed by atoms with Crippen LogP contribution in [0.25, 0.3) is 0 Å². The van der Waals surface area contributed by atoms with E-state index >= 15 is 0 Å². The van der Waals surface area contributed by atoms with Crippen molar-refractivity contribution in [2.24, 2.45) is 0 Å². The van der Waals surface area contributed by atoms with E-state index in [-0.39, 0.29) is 23.5 Å². The molecule has 0 saturated carbocycles. The molecule has 6 heteroatoms. The lowest BCUT2D eigenvalue weighted by Gasteiger charge is -2.41. The van der Waals surface area contributed by atoms with Crippen LogP contribution >= 0.6 is 0 Å². The number of likely N-dealkylation sites (tertiary alicyclic amines) is 1. The molecular formula is C18H20FN3O2. The molecule has 1 fully saturated rings. The van der Waals surface area contributed by atoms with Crippen molar-refractivity contribution in [2.75, 3.05) is 6.54 Å². The summed E-state index contributed by atoms with van der Waals surface area (Å²) >= 11 is 0. The summed E-state index contributed by atoms with van der Waals surface area (Å²) in [5, 5.41) is 0. The van der Waals surface area contributed by atoms with Crippen LogP contribution in [0.1, 0.15) is 41.4 Å². The predicted molar refractivity (Wildman–Crippen MR) is 88.1 cm³/mol. The third kappa shape index (κ3) is 3.22. The molecule has 0 bridgehead atoms. The number of carbonyl (C=O) groups excluding carboxylic acids is 1. The van der Waals surface area contributed by atoms with Gasteiger partial charge in [0.15, 0.2) is 0 Å². The normalized spacial score (nSPS) is 16.8. The highest BCUT2D eigenvalue weighted by molar-refractivity contribution is 5.78. The van der Waals surface area contributed by atoms with Crippen molar-refractivity contribution in [1.29, 1.82) is 0 Å². The lowest BCUT2D eigenvalue weighted by Crippen LogP contribution is -2.45. The van der Waals surface area contributed by atoms with Crippen molar-refractivity contribution < 1.29 is 9.18 Å². The molecule has 24 heavy (non-hydrogen) atoms. The minimum atomic E-state index is -0.362. The van der Waals surface area contributed by atoms with Crippen LogP contribution in [0.3, 0.4) is 0 Å². The van der Waals surface area contributed by atoms with Crippen molar-refractivity contribution in [2.45, 2.75) is 39.2 Å². The molecule has 1 aromatic heterocycles. The molecule has 1 saturated heterocycles. The molecule has 1 aromatic carbocycles. The van der Waals surface area contributed by atoms with Crippen molar-refractivity contribution in [3.63, 3.8) is 0 Å². The van der Waals surface area contributed by atoms with Gasteiger partial charge in [-0.05, 0) is 49.9 Å². The molecule has 1 N–H and O–H groups in total. The molecule has 5 nitrogen and oxygen atoms in total. The Hall–Kier alpha value is -2.50. The van der Waals surface area contributed by atoms with Gasteiger partial charge in [-0.15, -0.1) is 0 Å². The van der Waals surface area contributed by atoms with Crippen LogP contribution in [0, 0.1) is 19.7 Å². The number of nitrogens with zero attached hydrogens (tertiary/aromatic N) is 2. The highest BCUT2D eigenvalue weighted by Crippen LogP contribution is 2.33. The van der Waals surface area contributed by atoms with Gasteiger partial charge in [-0.1, -0.05) is 12.1 Å². The Morgan fingerprint density at radius 3 is 2.62 bits per heavy atom. The van der Waals surface area contributed by atoms with Gasteiger partial charge in [-0.3, -0.25) is 4.79 Å². The van der Waals surface area contributed by atoms with Crippen LogP contribution in [0.4, 0.5) is 4.39 Å². The number of halogens is 1. The van der Waals surface area contributed by atoms with E-state index in [9.17, 15) is 14.0 Å². The molecule has 1 amide bonds. The number of rotatable bonds is 4. The summed E-state index contributed by atoms with van der Waals surface area (Å²) < 4.78 is 13.0. The van der Waals surface area contributed by atoms with Crippen LogP contribution in [-0.2, 0) is 11.2 Å². The number of hydrogen-bond donors (Lipinski definition) is 1. The first-order chi connectivity index (χ1) is 11.5. The van der Waals surface area contributed by atoms with Crippen molar-refractivity contribution >= 4 is 5.91 Å². The first-order valence-electron chi connectivity index (χ1n) is 8.07. The minimum Gasteiger partial charge on any atom is -0.335 e. The molecule has 1 atom stereocenters. The Kier molecular flexibility index (Phi) is 4.46. The van der Waals surface area contributed by atoms with E-state index in [2.05, 4.69) is 9.97 Å². The van der Waals surface area contributed by atoms with Gasteiger partial charge in [0, 0.05) is 24.4 Å². The van der Waals surface area contributed by atoms with E-state index < -0.39 is 0 Å². The lowest BCUT2D eigenvalue weighted by molar-refractivity contribution is -0.139. The predicted octanol–water partition coefficient (Wildman–Crippen LogP) is 2.43. The van der Waals surface area contributed by atoms with E-state index in [1.165, 1.54) is 12.1 Å². The second-order valence-corrected chi connectivity index (χ2v) is 6.17. The number of amides is 1. The number of benzene rings is 1. The number of aromatic nitrogens is 2. The van der Waals surface area contributed by atoms with Crippen LogP contribution < -0.4 is 5.69 Å². The maximum Gasteiger partial charge on any atom is 0.345 e. The number of carbonyl (C=O) groups is 1. The number of nitrogens with one attached hydrogen (secondary N) is 1. The van der Waals surface area contributed by atoms with Gasteiger partial charge in [0.2, 0.25) is 5.91 Å². The molecule has 3 rings (SSSR count). The number of hydrogen-bond acceptors (Lipinski definition) is 3. The van der Waals surface area contributed by atoms with Gasteiger partial charge in [-0.25, -0.2) is 9.18 Å². The average Bonchev–Trinajstić information content (AvgIpc) is 2.47. The van der Waals surface area contributed by atoms with E-state index in [4.69, 9.17) is 0 Å². The highest BCUT2D eigenvalue weighted by Gasteiger charge is 2.32. The first-order valence-corrected chi connectivity index (χ1v) is 8.07. The SMILES string of the molecule is Cc1nc(=O)[nH]c(C)c1CCC(=O)N1CC[C@H]1c1ccc(F)cc1. The molecule has 1 aliphatic rings. The fourth-order valence-electron chi connectivity index (χ4n) is 3.22. The fourth-order valence-corrected chi connectivity index (χ4v) is 3.22. The molecule has 0 unspecified atom stereocenters. The number of aryl methyl sites for hydroxylation is 2. The molecule has 2 aromatic rings. The van der Waals surface area contributed by atoms with E-state index in [0.717, 1.165) is 29.8 Å². The summed E-state index contributed by atoms with van der Waals surface area (Å²) in [6.45, 7) is 4.33. The summed E-state index contributed by atoms with van der Waals surface area (Å²) in [6, 6.07) is 6.36. The maximum absolute atomic E-state index is 13.0. The molecule has 0 radical (unpaired) electrons. The lowest BCUT2D eigenvalue weighted by atomic mass is 9.93. The summed E-state index contributed by atoms with van der Waals surface area (Å²) in [4.78, 5) is 32.2. The van der Waals surface area contributed by atoms with Gasteiger partial charge in [0.25, 0.3) is 0 Å². The first kappa shape index (κ1) is 16.4. The van der Waals surface area contributed by atoms with Gasteiger partial charge in [0.05, 0.1) is 6.04 Å².